The molecule has 236 valence electrons. The molecule has 49 heavy (non-hydrogen) atoms. The molecule has 5 heteroatoms. The van der Waals surface area contributed by atoms with E-state index in [1.54, 1.807) is 0 Å². The topological polar surface area (TPSA) is 30.5 Å². The zero-order valence-electron chi connectivity index (χ0n) is 28.6. The molecule has 2 aromatic heterocycles. The number of anilines is 3. The van der Waals surface area contributed by atoms with Crippen molar-refractivity contribution in [2.24, 2.45) is 0 Å². The third-order valence-corrected chi connectivity index (χ3v) is 11.2. The molecule has 8 aromatic rings. The molecule has 0 aliphatic carbocycles. The lowest BCUT2D eigenvalue weighted by Gasteiger charge is -2.43. The predicted molar refractivity (Wildman–Crippen MR) is 205 cm³/mol. The highest BCUT2D eigenvalue weighted by Gasteiger charge is 2.47. The number of ether oxygens (including phenoxy) is 1. The molecule has 5 heterocycles. The Labute approximate surface area is 285 Å². The number of aromatic nitrogens is 1. The van der Waals surface area contributed by atoms with Gasteiger partial charge in [-0.25, -0.2) is 0 Å². The first-order valence-electron chi connectivity index (χ1n) is 17.4. The number of para-hydroxylation sites is 4. The van der Waals surface area contributed by atoms with E-state index in [-0.39, 0.29) is 17.7 Å². The van der Waals surface area contributed by atoms with Crippen molar-refractivity contribution in [3.05, 3.63) is 114 Å². The van der Waals surface area contributed by atoms with Crippen molar-refractivity contribution in [1.82, 2.24) is 4.48 Å². The molecule has 3 aliphatic heterocycles. The Bertz CT molecular complexity index is 2790. The molecule has 0 amide bonds. The van der Waals surface area contributed by atoms with Gasteiger partial charge in [0.1, 0.15) is 11.2 Å². The number of rotatable bonds is 0. The number of hydrogen-bond donors (Lipinski definition) is 0. The van der Waals surface area contributed by atoms with Crippen molar-refractivity contribution in [2.45, 2.75) is 52.4 Å². The van der Waals surface area contributed by atoms with E-state index in [0.717, 1.165) is 44.8 Å². The average molecular weight is 635 g/mol. The average Bonchev–Trinajstić information content (AvgIpc) is 3.62. The third kappa shape index (κ3) is 3.40. The predicted octanol–water partition coefficient (Wildman–Crippen LogP) is 10.8. The Morgan fingerprint density at radius 3 is 2.18 bits per heavy atom. The molecule has 0 saturated carbocycles. The molecule has 0 fully saturated rings. The normalized spacial score (nSPS) is 14.4. The highest BCUT2D eigenvalue weighted by Crippen LogP contribution is 2.56. The first-order chi connectivity index (χ1) is 23.6. The van der Waals surface area contributed by atoms with Crippen LogP contribution < -0.4 is 20.6 Å². The van der Waals surface area contributed by atoms with E-state index in [1.807, 2.05) is 0 Å². The molecule has 0 saturated heterocycles. The maximum absolute atomic E-state index is 6.77. The number of benzene rings is 6. The number of fused-ring (bicyclic) bond motifs is 13. The summed E-state index contributed by atoms with van der Waals surface area (Å²) in [5.41, 5.74) is 15.5. The van der Waals surface area contributed by atoms with Gasteiger partial charge in [0.2, 0.25) is 0 Å². The van der Waals surface area contributed by atoms with Crippen LogP contribution in [0, 0.1) is 0 Å². The monoisotopic (exact) mass is 634 g/mol. The number of nitrogens with zero attached hydrogens (tertiary/aromatic N) is 2. The van der Waals surface area contributed by atoms with Crippen molar-refractivity contribution >= 4 is 78.6 Å². The van der Waals surface area contributed by atoms with Crippen LogP contribution in [0.15, 0.2) is 108 Å². The summed E-state index contributed by atoms with van der Waals surface area (Å²) in [4.78, 5) is 2.47. The van der Waals surface area contributed by atoms with E-state index in [1.165, 1.54) is 60.7 Å². The van der Waals surface area contributed by atoms with E-state index in [2.05, 4.69) is 154 Å². The van der Waals surface area contributed by atoms with Gasteiger partial charge < -0.3 is 18.5 Å². The maximum atomic E-state index is 6.77. The Morgan fingerprint density at radius 2 is 1.35 bits per heavy atom. The molecular formula is C44H35BN2O2. The second-order valence-corrected chi connectivity index (χ2v) is 16.2. The summed E-state index contributed by atoms with van der Waals surface area (Å²) < 4.78 is 16.1. The van der Waals surface area contributed by atoms with Gasteiger partial charge in [-0.1, -0.05) is 90.1 Å². The third-order valence-electron chi connectivity index (χ3n) is 11.2. The van der Waals surface area contributed by atoms with Crippen molar-refractivity contribution in [3.63, 3.8) is 0 Å². The largest absolute Gasteiger partial charge is 0.456 e. The molecule has 3 aliphatic rings. The molecule has 6 aromatic carbocycles. The van der Waals surface area contributed by atoms with Gasteiger partial charge in [-0.3, -0.25) is 0 Å². The zero-order valence-corrected chi connectivity index (χ0v) is 28.6. The fourth-order valence-electron chi connectivity index (χ4n) is 8.87. The van der Waals surface area contributed by atoms with Crippen molar-refractivity contribution in [3.8, 4) is 22.6 Å². The van der Waals surface area contributed by atoms with Crippen LogP contribution in [0.1, 0.15) is 52.7 Å². The standard InChI is InChI=1S/C44H35BN2O2/c1-43(2,3)24-18-19-32-27(20-24)29-21-25(44(4,5)6)22-30-28-23-37-38(26-12-7-9-15-34(26)48-37)42-39(28)45(47(32)40(29)30)31-13-11-17-36-41(31)46(42)33-14-8-10-16-35(33)49-36/h7-23H,1-6H3. The van der Waals surface area contributed by atoms with E-state index in [0.29, 0.717) is 0 Å². The van der Waals surface area contributed by atoms with Crippen LogP contribution in [-0.2, 0) is 10.8 Å². The van der Waals surface area contributed by atoms with E-state index in [9.17, 15) is 0 Å². The number of hydrogen-bond acceptors (Lipinski definition) is 3. The summed E-state index contributed by atoms with van der Waals surface area (Å²) in [6.45, 7) is 13.8. The summed E-state index contributed by atoms with van der Waals surface area (Å²) in [5.74, 6) is 1.74. The summed E-state index contributed by atoms with van der Waals surface area (Å²) in [6.07, 6.45) is 0. The first-order valence-corrected chi connectivity index (χ1v) is 17.4. The Balaban J connectivity index is 1.39. The lowest BCUT2D eigenvalue weighted by atomic mass is 9.44. The Morgan fingerprint density at radius 1 is 0.592 bits per heavy atom. The van der Waals surface area contributed by atoms with Crippen LogP contribution in [0.5, 0.6) is 11.5 Å². The Hall–Kier alpha value is -5.42. The molecule has 0 unspecified atom stereocenters. The van der Waals surface area contributed by atoms with Crippen LogP contribution in [0.25, 0.3) is 54.9 Å². The number of furan rings is 1. The van der Waals surface area contributed by atoms with Crippen molar-refractivity contribution in [2.75, 3.05) is 4.90 Å². The van der Waals surface area contributed by atoms with Gasteiger partial charge in [-0.15, -0.1) is 0 Å². The van der Waals surface area contributed by atoms with Crippen molar-refractivity contribution in [1.29, 1.82) is 0 Å². The quantitative estimate of drug-likeness (QED) is 0.156. The van der Waals surface area contributed by atoms with Gasteiger partial charge in [0.05, 0.1) is 22.4 Å². The first kappa shape index (κ1) is 27.5. The van der Waals surface area contributed by atoms with Gasteiger partial charge in [0.15, 0.2) is 11.5 Å². The SMILES string of the molecule is CC(C)(C)c1ccc2c(c1)c1cc(C(C)(C)C)cc3c1n2B1c2cccc4c2N(c2ccccc2O4)c2c1c-3cc1oc3ccccc3c21. The van der Waals surface area contributed by atoms with Gasteiger partial charge in [0.25, 0.3) is 0 Å². The van der Waals surface area contributed by atoms with Gasteiger partial charge in [0, 0.05) is 32.8 Å². The fraction of sp³-hybridized carbons (Fsp3) is 0.182. The summed E-state index contributed by atoms with van der Waals surface area (Å²) in [5, 5.41) is 4.90. The fourth-order valence-corrected chi connectivity index (χ4v) is 8.87. The molecule has 0 atom stereocenters. The van der Waals surface area contributed by atoms with Crippen LogP contribution in [0.2, 0.25) is 0 Å². The second-order valence-electron chi connectivity index (χ2n) is 16.2. The van der Waals surface area contributed by atoms with Crippen LogP contribution in [0.4, 0.5) is 17.1 Å². The highest BCUT2D eigenvalue weighted by atomic mass is 16.5. The van der Waals surface area contributed by atoms with E-state index >= 15 is 0 Å². The molecule has 11 rings (SSSR count). The molecular weight excluding hydrogens is 599 g/mol. The minimum absolute atomic E-state index is 0.0313. The molecule has 0 radical (unpaired) electrons. The van der Waals surface area contributed by atoms with Gasteiger partial charge in [-0.05, 0) is 93.0 Å². The molecule has 0 spiro atoms. The maximum Gasteiger partial charge on any atom is 0.333 e. The lowest BCUT2D eigenvalue weighted by Crippen LogP contribution is -2.57. The smallest absolute Gasteiger partial charge is 0.333 e. The van der Waals surface area contributed by atoms with E-state index in [4.69, 9.17) is 9.15 Å². The van der Waals surface area contributed by atoms with Gasteiger partial charge in [-0.2, -0.15) is 0 Å². The Kier molecular flexibility index (Phi) is 4.93. The van der Waals surface area contributed by atoms with E-state index < -0.39 is 0 Å². The van der Waals surface area contributed by atoms with Crippen LogP contribution in [-0.4, -0.2) is 11.3 Å². The minimum atomic E-state index is -0.0587. The zero-order chi connectivity index (χ0) is 33.1. The minimum Gasteiger partial charge on any atom is -0.456 e. The molecule has 0 N–H and O–H groups in total. The molecule has 4 nitrogen and oxygen atoms in total. The summed E-state index contributed by atoms with van der Waals surface area (Å²) >= 11 is 0. The second kappa shape index (κ2) is 8.78. The lowest BCUT2D eigenvalue weighted by molar-refractivity contribution is 0.477. The van der Waals surface area contributed by atoms with Gasteiger partial charge >= 0.3 is 6.85 Å². The van der Waals surface area contributed by atoms with Crippen LogP contribution in [0.3, 0.4) is 0 Å². The highest BCUT2D eigenvalue weighted by molar-refractivity contribution is 6.90. The summed E-state index contributed by atoms with van der Waals surface area (Å²) in [7, 11) is 0. The summed E-state index contributed by atoms with van der Waals surface area (Å²) in [6, 6.07) is 38.0. The van der Waals surface area contributed by atoms with Crippen LogP contribution >= 0.6 is 0 Å². The molecule has 0 bridgehead atoms. The van der Waals surface area contributed by atoms with Crippen molar-refractivity contribution < 1.29 is 9.15 Å².